The van der Waals surface area contributed by atoms with Gasteiger partial charge in [0.15, 0.2) is 0 Å². The Morgan fingerprint density at radius 1 is 1.06 bits per heavy atom. The highest BCUT2D eigenvalue weighted by Gasteiger charge is 2.25. The average Bonchev–Trinajstić information content (AvgIpc) is 3.50. The summed E-state index contributed by atoms with van der Waals surface area (Å²) in [6.07, 6.45) is 3.78. The van der Waals surface area contributed by atoms with E-state index >= 15 is 0 Å². The van der Waals surface area contributed by atoms with E-state index < -0.39 is 0 Å². The minimum Gasteiger partial charge on any atom is -0.493 e. The average molecular weight is 424 g/mol. The van der Waals surface area contributed by atoms with Crippen LogP contribution in [0.4, 0.5) is 10.5 Å². The van der Waals surface area contributed by atoms with E-state index in [9.17, 15) is 4.79 Å². The van der Waals surface area contributed by atoms with Gasteiger partial charge in [-0.25, -0.2) is 4.79 Å². The predicted molar refractivity (Wildman–Crippen MR) is 123 cm³/mol. The Labute approximate surface area is 184 Å². The Kier molecular flexibility index (Phi) is 6.85. The zero-order valence-corrected chi connectivity index (χ0v) is 18.5. The lowest BCUT2D eigenvalue weighted by Crippen LogP contribution is -2.36. The van der Waals surface area contributed by atoms with Crippen molar-refractivity contribution >= 4 is 11.7 Å². The standard InChI is InChI=1S/C25H33N3O3/c1-3-26-25(29)27-18(2)20-6-10-23(11-7-20)31-24-14-15-28(16-24)21-8-12-22(13-9-21)30-17-19-4-5-19/h6-13,18-19,24H,3-5,14-17H2,1-2H3,(H2,26,27,29)/t18-,24?/m0/s1. The summed E-state index contributed by atoms with van der Waals surface area (Å²) < 4.78 is 12.0. The van der Waals surface area contributed by atoms with Crippen molar-refractivity contribution < 1.29 is 14.3 Å². The summed E-state index contributed by atoms with van der Waals surface area (Å²) in [6.45, 7) is 7.20. The van der Waals surface area contributed by atoms with Gasteiger partial charge in [0.2, 0.25) is 0 Å². The number of benzene rings is 2. The van der Waals surface area contributed by atoms with Crippen molar-refractivity contribution in [3.8, 4) is 11.5 Å². The van der Waals surface area contributed by atoms with Gasteiger partial charge in [-0.05, 0) is 74.6 Å². The Bertz CT molecular complexity index is 849. The highest BCUT2D eigenvalue weighted by molar-refractivity contribution is 5.74. The largest absolute Gasteiger partial charge is 0.493 e. The van der Waals surface area contributed by atoms with Gasteiger partial charge in [0, 0.05) is 25.2 Å². The highest BCUT2D eigenvalue weighted by atomic mass is 16.5. The molecule has 2 N–H and O–H groups in total. The molecular weight excluding hydrogens is 390 g/mol. The maximum absolute atomic E-state index is 11.7. The normalized spacial score (nSPS) is 19.0. The molecular formula is C25H33N3O3. The maximum atomic E-state index is 11.7. The van der Waals surface area contributed by atoms with Crippen molar-refractivity contribution in [2.45, 2.75) is 45.3 Å². The van der Waals surface area contributed by atoms with Crippen molar-refractivity contribution in [1.29, 1.82) is 0 Å². The third kappa shape index (κ3) is 6.06. The smallest absolute Gasteiger partial charge is 0.315 e. The molecule has 2 aliphatic rings. The summed E-state index contributed by atoms with van der Waals surface area (Å²) in [4.78, 5) is 14.1. The number of hydrogen-bond donors (Lipinski definition) is 2. The van der Waals surface area contributed by atoms with Gasteiger partial charge in [-0.15, -0.1) is 0 Å². The lowest BCUT2D eigenvalue weighted by molar-refractivity contribution is 0.225. The first-order chi connectivity index (χ1) is 15.1. The van der Waals surface area contributed by atoms with E-state index in [4.69, 9.17) is 9.47 Å². The summed E-state index contributed by atoms with van der Waals surface area (Å²) in [5, 5.41) is 5.68. The second kappa shape index (κ2) is 9.94. The molecule has 0 aromatic heterocycles. The predicted octanol–water partition coefficient (Wildman–Crippen LogP) is 4.51. The molecule has 1 aliphatic carbocycles. The summed E-state index contributed by atoms with van der Waals surface area (Å²) in [5.41, 5.74) is 2.26. The lowest BCUT2D eigenvalue weighted by atomic mass is 10.1. The molecule has 6 heteroatoms. The summed E-state index contributed by atoms with van der Waals surface area (Å²) in [7, 11) is 0. The topological polar surface area (TPSA) is 62.8 Å². The van der Waals surface area contributed by atoms with Crippen LogP contribution >= 0.6 is 0 Å². The summed E-state index contributed by atoms with van der Waals surface area (Å²) >= 11 is 0. The van der Waals surface area contributed by atoms with E-state index in [1.54, 1.807) is 0 Å². The number of nitrogens with one attached hydrogen (secondary N) is 2. The van der Waals surface area contributed by atoms with Crippen LogP contribution in [0.1, 0.15) is 44.7 Å². The van der Waals surface area contributed by atoms with Gasteiger partial charge in [-0.3, -0.25) is 0 Å². The van der Waals surface area contributed by atoms with E-state index in [-0.39, 0.29) is 18.2 Å². The third-order valence-corrected chi connectivity index (χ3v) is 5.90. The number of carbonyl (C=O) groups excluding carboxylic acids is 1. The first-order valence-corrected chi connectivity index (χ1v) is 11.4. The fourth-order valence-electron chi connectivity index (χ4n) is 3.83. The molecule has 0 radical (unpaired) electrons. The third-order valence-electron chi connectivity index (χ3n) is 5.90. The molecule has 1 unspecified atom stereocenters. The molecule has 1 saturated carbocycles. The van der Waals surface area contributed by atoms with Crippen LogP contribution in [0.2, 0.25) is 0 Å². The molecule has 6 nitrogen and oxygen atoms in total. The summed E-state index contributed by atoms with van der Waals surface area (Å²) in [5.74, 6) is 2.59. The van der Waals surface area contributed by atoms with Crippen LogP contribution in [0.5, 0.6) is 11.5 Å². The van der Waals surface area contributed by atoms with Gasteiger partial charge in [0.05, 0.1) is 19.2 Å². The van der Waals surface area contributed by atoms with E-state index in [1.165, 1.54) is 18.5 Å². The minimum atomic E-state index is -0.149. The molecule has 166 valence electrons. The molecule has 1 saturated heterocycles. The second-order valence-electron chi connectivity index (χ2n) is 8.52. The molecule has 0 spiro atoms. The number of nitrogens with zero attached hydrogens (tertiary/aromatic N) is 1. The first kappa shape index (κ1) is 21.3. The van der Waals surface area contributed by atoms with E-state index in [0.717, 1.165) is 49.1 Å². The lowest BCUT2D eigenvalue weighted by Gasteiger charge is -2.20. The Morgan fingerprint density at radius 3 is 2.45 bits per heavy atom. The number of hydrogen-bond acceptors (Lipinski definition) is 4. The van der Waals surface area contributed by atoms with Gasteiger partial charge in [0.1, 0.15) is 17.6 Å². The molecule has 2 atom stereocenters. The van der Waals surface area contributed by atoms with Crippen LogP contribution in [0.15, 0.2) is 48.5 Å². The van der Waals surface area contributed by atoms with Gasteiger partial charge in [-0.2, -0.15) is 0 Å². The van der Waals surface area contributed by atoms with Gasteiger partial charge in [0.25, 0.3) is 0 Å². The Balaban J connectivity index is 1.25. The Hall–Kier alpha value is -2.89. The Morgan fingerprint density at radius 2 is 1.77 bits per heavy atom. The molecule has 1 heterocycles. The minimum absolute atomic E-state index is 0.0567. The van der Waals surface area contributed by atoms with Gasteiger partial charge >= 0.3 is 6.03 Å². The van der Waals surface area contributed by atoms with Crippen LogP contribution in [0.3, 0.4) is 0 Å². The fraction of sp³-hybridized carbons (Fsp3) is 0.480. The zero-order valence-electron chi connectivity index (χ0n) is 18.5. The van der Waals surface area contributed by atoms with Gasteiger partial charge < -0.3 is 25.0 Å². The maximum Gasteiger partial charge on any atom is 0.315 e. The van der Waals surface area contributed by atoms with E-state index in [0.29, 0.717) is 6.54 Å². The molecule has 31 heavy (non-hydrogen) atoms. The number of amides is 2. The molecule has 2 fully saturated rings. The van der Waals surface area contributed by atoms with Crippen LogP contribution in [0.25, 0.3) is 0 Å². The fourth-order valence-corrected chi connectivity index (χ4v) is 3.83. The first-order valence-electron chi connectivity index (χ1n) is 11.4. The molecule has 1 aliphatic heterocycles. The quantitative estimate of drug-likeness (QED) is 0.623. The van der Waals surface area contributed by atoms with E-state index in [1.807, 2.05) is 38.1 Å². The van der Waals surface area contributed by atoms with Crippen LogP contribution in [-0.4, -0.2) is 38.4 Å². The van der Waals surface area contributed by atoms with Crippen molar-refractivity contribution in [1.82, 2.24) is 10.6 Å². The number of rotatable bonds is 9. The van der Waals surface area contributed by atoms with E-state index in [2.05, 4.69) is 39.8 Å². The second-order valence-corrected chi connectivity index (χ2v) is 8.52. The van der Waals surface area contributed by atoms with Gasteiger partial charge in [-0.1, -0.05) is 12.1 Å². The highest BCUT2D eigenvalue weighted by Crippen LogP contribution is 2.30. The van der Waals surface area contributed by atoms with Crippen LogP contribution in [0, 0.1) is 5.92 Å². The molecule has 0 bridgehead atoms. The zero-order chi connectivity index (χ0) is 21.6. The van der Waals surface area contributed by atoms with Crippen molar-refractivity contribution in [3.05, 3.63) is 54.1 Å². The van der Waals surface area contributed by atoms with Crippen LogP contribution < -0.4 is 25.0 Å². The van der Waals surface area contributed by atoms with Crippen LogP contribution in [-0.2, 0) is 0 Å². The molecule has 2 aromatic rings. The number of carbonyl (C=O) groups is 1. The number of urea groups is 1. The summed E-state index contributed by atoms with van der Waals surface area (Å²) in [6, 6.07) is 16.2. The van der Waals surface area contributed by atoms with Crippen molar-refractivity contribution in [3.63, 3.8) is 0 Å². The number of ether oxygens (including phenoxy) is 2. The molecule has 2 amide bonds. The SMILES string of the molecule is CCNC(=O)N[C@@H](C)c1ccc(OC2CCN(c3ccc(OCC4CC4)cc3)C2)cc1. The monoisotopic (exact) mass is 423 g/mol. The van der Waals surface area contributed by atoms with Crippen molar-refractivity contribution in [2.75, 3.05) is 31.1 Å². The number of anilines is 1. The molecule has 4 rings (SSSR count). The van der Waals surface area contributed by atoms with Crippen molar-refractivity contribution in [2.24, 2.45) is 5.92 Å². The molecule has 2 aromatic carbocycles.